The molecule has 1 aromatic carbocycles. The van der Waals surface area contributed by atoms with Gasteiger partial charge in [-0.05, 0) is 35.7 Å². The highest BCUT2D eigenvalue weighted by molar-refractivity contribution is 7.12. The van der Waals surface area contributed by atoms with Gasteiger partial charge in [-0.3, -0.25) is 4.79 Å². The number of rotatable bonds is 3. The third-order valence-corrected chi connectivity index (χ3v) is 3.92. The van der Waals surface area contributed by atoms with E-state index in [0.717, 1.165) is 15.8 Å². The molecular formula is C15H10N2OS. The van der Waals surface area contributed by atoms with E-state index in [4.69, 9.17) is 5.26 Å². The monoisotopic (exact) mass is 266 g/mol. The molecule has 4 heteroatoms. The van der Waals surface area contributed by atoms with Gasteiger partial charge in [0, 0.05) is 17.1 Å². The number of nitriles is 1. The second kappa shape index (κ2) is 4.71. The van der Waals surface area contributed by atoms with Crippen LogP contribution in [0.2, 0.25) is 0 Å². The Bertz CT molecular complexity index is 778. The Labute approximate surface area is 114 Å². The maximum Gasteiger partial charge on any atom is 0.192 e. The second-order valence-electron chi connectivity index (χ2n) is 4.23. The molecule has 3 rings (SSSR count). The summed E-state index contributed by atoms with van der Waals surface area (Å²) in [5, 5.41) is 11.8. The Balaban J connectivity index is 1.94. The lowest BCUT2D eigenvalue weighted by Gasteiger charge is -2.03. The molecule has 0 saturated carbocycles. The van der Waals surface area contributed by atoms with Crippen LogP contribution >= 0.6 is 11.3 Å². The van der Waals surface area contributed by atoms with Crippen LogP contribution in [0.5, 0.6) is 0 Å². The lowest BCUT2D eigenvalue weighted by molar-refractivity contribution is 0.0977. The first-order valence-electron chi connectivity index (χ1n) is 5.83. The predicted octanol–water partition coefficient (Wildman–Crippen LogP) is 3.46. The molecule has 0 aliphatic heterocycles. The van der Waals surface area contributed by atoms with Crippen LogP contribution in [0, 0.1) is 11.3 Å². The molecule has 3 nitrogen and oxygen atoms in total. The number of ketones is 1. The zero-order valence-corrected chi connectivity index (χ0v) is 10.9. The lowest BCUT2D eigenvalue weighted by atomic mass is 10.2. The summed E-state index contributed by atoms with van der Waals surface area (Å²) in [7, 11) is 0. The summed E-state index contributed by atoms with van der Waals surface area (Å²) in [6, 6.07) is 13.3. The summed E-state index contributed by atoms with van der Waals surface area (Å²) in [5.74, 6) is 0.108. The van der Waals surface area contributed by atoms with E-state index in [1.54, 1.807) is 6.07 Å². The molecule has 0 unspecified atom stereocenters. The SMILES string of the molecule is N#Cc1ccc2c(ccn2CC(=O)c2cccs2)c1. The second-order valence-corrected chi connectivity index (χ2v) is 5.18. The van der Waals surface area contributed by atoms with E-state index in [1.807, 2.05) is 46.5 Å². The van der Waals surface area contributed by atoms with Crippen LogP contribution in [-0.2, 0) is 6.54 Å². The van der Waals surface area contributed by atoms with Gasteiger partial charge in [-0.15, -0.1) is 11.3 Å². The van der Waals surface area contributed by atoms with E-state index in [2.05, 4.69) is 6.07 Å². The molecular weight excluding hydrogens is 256 g/mol. The van der Waals surface area contributed by atoms with Crippen molar-refractivity contribution in [3.8, 4) is 6.07 Å². The van der Waals surface area contributed by atoms with Crippen LogP contribution < -0.4 is 0 Å². The quantitative estimate of drug-likeness (QED) is 0.681. The van der Waals surface area contributed by atoms with Crippen LogP contribution in [-0.4, -0.2) is 10.4 Å². The lowest BCUT2D eigenvalue weighted by Crippen LogP contribution is -2.07. The van der Waals surface area contributed by atoms with Gasteiger partial charge in [-0.1, -0.05) is 6.07 Å². The fourth-order valence-corrected chi connectivity index (χ4v) is 2.73. The maximum absolute atomic E-state index is 12.1. The van der Waals surface area contributed by atoms with E-state index in [9.17, 15) is 4.79 Å². The Morgan fingerprint density at radius 1 is 1.32 bits per heavy atom. The molecule has 2 aromatic heterocycles. The van der Waals surface area contributed by atoms with Crippen molar-refractivity contribution < 1.29 is 4.79 Å². The zero-order valence-electron chi connectivity index (χ0n) is 10.0. The first-order chi connectivity index (χ1) is 9.28. The van der Waals surface area contributed by atoms with Crippen LogP contribution in [0.1, 0.15) is 15.2 Å². The first-order valence-corrected chi connectivity index (χ1v) is 6.71. The van der Waals surface area contributed by atoms with Gasteiger partial charge in [0.1, 0.15) is 0 Å². The van der Waals surface area contributed by atoms with Crippen molar-refractivity contribution in [1.82, 2.24) is 4.57 Å². The van der Waals surface area contributed by atoms with Gasteiger partial charge >= 0.3 is 0 Å². The highest BCUT2D eigenvalue weighted by Gasteiger charge is 2.09. The van der Waals surface area contributed by atoms with E-state index in [-0.39, 0.29) is 5.78 Å². The van der Waals surface area contributed by atoms with E-state index >= 15 is 0 Å². The van der Waals surface area contributed by atoms with Gasteiger partial charge in [0.25, 0.3) is 0 Å². The molecule has 2 heterocycles. The number of aromatic nitrogens is 1. The molecule has 0 bridgehead atoms. The number of hydrogen-bond acceptors (Lipinski definition) is 3. The van der Waals surface area contributed by atoms with Crippen molar-refractivity contribution in [1.29, 1.82) is 5.26 Å². The fraction of sp³-hybridized carbons (Fsp3) is 0.0667. The number of carbonyl (C=O) groups is 1. The van der Waals surface area contributed by atoms with Crippen LogP contribution in [0.15, 0.2) is 48.0 Å². The van der Waals surface area contributed by atoms with E-state index in [1.165, 1.54) is 11.3 Å². The summed E-state index contributed by atoms with van der Waals surface area (Å²) in [4.78, 5) is 12.9. The van der Waals surface area contributed by atoms with Gasteiger partial charge in [0.05, 0.1) is 23.1 Å². The minimum Gasteiger partial charge on any atom is -0.340 e. The average molecular weight is 266 g/mol. The molecule has 0 fully saturated rings. The summed E-state index contributed by atoms with van der Waals surface area (Å²) < 4.78 is 1.92. The molecule has 0 aliphatic carbocycles. The van der Waals surface area contributed by atoms with Crippen molar-refractivity contribution >= 4 is 28.0 Å². The molecule has 0 amide bonds. The van der Waals surface area contributed by atoms with Crippen molar-refractivity contribution in [2.45, 2.75) is 6.54 Å². The van der Waals surface area contributed by atoms with Crippen molar-refractivity contribution in [3.05, 3.63) is 58.4 Å². The van der Waals surface area contributed by atoms with Gasteiger partial charge in [-0.25, -0.2) is 0 Å². The van der Waals surface area contributed by atoms with Gasteiger partial charge in [0.2, 0.25) is 0 Å². The fourth-order valence-electron chi connectivity index (χ4n) is 2.08. The van der Waals surface area contributed by atoms with Gasteiger partial charge in [-0.2, -0.15) is 5.26 Å². The minimum atomic E-state index is 0.108. The van der Waals surface area contributed by atoms with Crippen LogP contribution in [0.4, 0.5) is 0 Å². The number of thiophene rings is 1. The molecule has 0 spiro atoms. The molecule has 0 saturated heterocycles. The van der Waals surface area contributed by atoms with Gasteiger partial charge in [0.15, 0.2) is 5.78 Å². The minimum absolute atomic E-state index is 0.108. The summed E-state index contributed by atoms with van der Waals surface area (Å²) >= 11 is 1.46. The predicted molar refractivity (Wildman–Crippen MR) is 75.3 cm³/mol. The third-order valence-electron chi connectivity index (χ3n) is 3.01. The molecule has 0 aliphatic rings. The van der Waals surface area contributed by atoms with Crippen molar-refractivity contribution in [3.63, 3.8) is 0 Å². The van der Waals surface area contributed by atoms with Crippen molar-refractivity contribution in [2.75, 3.05) is 0 Å². The molecule has 0 radical (unpaired) electrons. The van der Waals surface area contributed by atoms with Crippen LogP contribution in [0.3, 0.4) is 0 Å². The number of benzene rings is 1. The Hall–Kier alpha value is -2.38. The standard InChI is InChI=1S/C15H10N2OS/c16-9-11-3-4-13-12(8-11)5-6-17(13)10-14(18)15-2-1-7-19-15/h1-8H,10H2. The molecule has 0 atom stereocenters. The highest BCUT2D eigenvalue weighted by Crippen LogP contribution is 2.19. The largest absolute Gasteiger partial charge is 0.340 e. The molecule has 0 N–H and O–H groups in total. The Morgan fingerprint density at radius 2 is 2.21 bits per heavy atom. The number of hydrogen-bond donors (Lipinski definition) is 0. The van der Waals surface area contributed by atoms with Crippen molar-refractivity contribution in [2.24, 2.45) is 0 Å². The molecule has 19 heavy (non-hydrogen) atoms. The van der Waals surface area contributed by atoms with Gasteiger partial charge < -0.3 is 4.57 Å². The van der Waals surface area contributed by atoms with Crippen LogP contribution in [0.25, 0.3) is 10.9 Å². The molecule has 3 aromatic rings. The third kappa shape index (κ3) is 2.16. The summed E-state index contributed by atoms with van der Waals surface area (Å²) in [5.41, 5.74) is 1.61. The maximum atomic E-state index is 12.1. The smallest absolute Gasteiger partial charge is 0.192 e. The summed E-state index contributed by atoms with van der Waals surface area (Å²) in [6.45, 7) is 0.329. The topological polar surface area (TPSA) is 45.8 Å². The summed E-state index contributed by atoms with van der Waals surface area (Å²) in [6.07, 6.45) is 1.89. The Morgan fingerprint density at radius 3 is 2.95 bits per heavy atom. The normalized spacial score (nSPS) is 10.5. The average Bonchev–Trinajstić information content (AvgIpc) is 3.08. The number of fused-ring (bicyclic) bond motifs is 1. The number of carbonyl (C=O) groups excluding carboxylic acids is 1. The molecule has 92 valence electrons. The first kappa shape index (κ1) is 11.7. The van der Waals surface area contributed by atoms with E-state index < -0.39 is 0 Å². The zero-order chi connectivity index (χ0) is 13.2. The highest BCUT2D eigenvalue weighted by atomic mass is 32.1. The van der Waals surface area contributed by atoms with E-state index in [0.29, 0.717) is 12.1 Å². The Kier molecular flexibility index (Phi) is 2.90. The number of Topliss-reactive ketones (excluding diaryl/α,β-unsaturated/α-hetero) is 1. The number of nitrogens with zero attached hydrogens (tertiary/aromatic N) is 2.